The Kier molecular flexibility index (Phi) is 4.50. The van der Waals surface area contributed by atoms with E-state index in [-0.39, 0.29) is 17.2 Å². The number of likely N-dealkylation sites (tertiary alicyclic amines) is 1. The number of carbonyl (C=O) groups is 1. The minimum atomic E-state index is -0.403. The molecule has 1 aliphatic rings. The molecule has 112 valence electrons. The van der Waals surface area contributed by atoms with Crippen LogP contribution < -0.4 is 5.73 Å². The minimum absolute atomic E-state index is 0.106. The average Bonchev–Trinajstić information content (AvgIpc) is 2.82. The molecule has 1 fully saturated rings. The van der Waals surface area contributed by atoms with Crippen LogP contribution in [0.3, 0.4) is 0 Å². The number of nitrogens with two attached hydrogens (primary N) is 1. The van der Waals surface area contributed by atoms with Crippen molar-refractivity contribution in [2.75, 3.05) is 19.7 Å². The van der Waals surface area contributed by atoms with Crippen molar-refractivity contribution in [3.05, 3.63) is 23.7 Å². The molecule has 2 heterocycles. The Morgan fingerprint density at radius 3 is 2.95 bits per heavy atom. The van der Waals surface area contributed by atoms with Gasteiger partial charge in [-0.3, -0.25) is 4.90 Å². The van der Waals surface area contributed by atoms with E-state index in [2.05, 4.69) is 18.7 Å². The molecular formula is C15H24N2O3. The SMILES string of the molecule is CCOC(=O)c1ccc(CN2CCC(N)C(C)(C)C2)o1. The van der Waals surface area contributed by atoms with Crippen molar-refractivity contribution >= 4 is 5.97 Å². The Morgan fingerprint density at radius 1 is 1.55 bits per heavy atom. The van der Waals surface area contributed by atoms with Gasteiger partial charge in [0.2, 0.25) is 5.76 Å². The predicted octanol–water partition coefficient (Wildman–Crippen LogP) is 2.02. The summed E-state index contributed by atoms with van der Waals surface area (Å²) in [5.74, 6) is 0.661. The number of esters is 1. The number of carbonyl (C=O) groups excluding carboxylic acids is 1. The fourth-order valence-electron chi connectivity index (χ4n) is 2.62. The largest absolute Gasteiger partial charge is 0.460 e. The molecule has 0 bridgehead atoms. The second-order valence-corrected chi connectivity index (χ2v) is 6.08. The summed E-state index contributed by atoms with van der Waals surface area (Å²) in [4.78, 5) is 13.9. The van der Waals surface area contributed by atoms with Gasteiger partial charge in [0.1, 0.15) is 5.76 Å². The second-order valence-electron chi connectivity index (χ2n) is 6.08. The first-order valence-corrected chi connectivity index (χ1v) is 7.16. The zero-order chi connectivity index (χ0) is 14.8. The highest BCUT2D eigenvalue weighted by molar-refractivity contribution is 5.86. The van der Waals surface area contributed by atoms with E-state index in [1.165, 1.54) is 0 Å². The number of rotatable bonds is 4. The summed E-state index contributed by atoms with van der Waals surface area (Å²) >= 11 is 0. The average molecular weight is 280 g/mol. The van der Waals surface area contributed by atoms with Gasteiger partial charge in [0.05, 0.1) is 13.2 Å². The Balaban J connectivity index is 1.96. The third kappa shape index (κ3) is 3.41. The van der Waals surface area contributed by atoms with Crippen LogP contribution in [0.5, 0.6) is 0 Å². The van der Waals surface area contributed by atoms with Crippen LogP contribution in [0.4, 0.5) is 0 Å². The molecule has 0 aliphatic carbocycles. The van der Waals surface area contributed by atoms with E-state index < -0.39 is 5.97 Å². The van der Waals surface area contributed by atoms with E-state index in [9.17, 15) is 4.79 Å². The van der Waals surface area contributed by atoms with Gasteiger partial charge in [0, 0.05) is 19.1 Å². The monoisotopic (exact) mass is 280 g/mol. The lowest BCUT2D eigenvalue weighted by atomic mass is 9.80. The predicted molar refractivity (Wildman–Crippen MR) is 76.3 cm³/mol. The summed E-state index contributed by atoms with van der Waals surface area (Å²) in [6, 6.07) is 3.76. The Bertz CT molecular complexity index is 467. The van der Waals surface area contributed by atoms with Gasteiger partial charge in [0.25, 0.3) is 0 Å². The van der Waals surface area contributed by atoms with Gasteiger partial charge in [-0.1, -0.05) is 13.8 Å². The van der Waals surface area contributed by atoms with Gasteiger partial charge in [-0.15, -0.1) is 0 Å². The molecule has 1 atom stereocenters. The van der Waals surface area contributed by atoms with Crippen LogP contribution in [0.2, 0.25) is 0 Å². The number of hydrogen-bond acceptors (Lipinski definition) is 5. The molecule has 2 rings (SSSR count). The van der Waals surface area contributed by atoms with Crippen molar-refractivity contribution in [2.24, 2.45) is 11.1 Å². The van der Waals surface area contributed by atoms with Crippen LogP contribution in [0.25, 0.3) is 0 Å². The Morgan fingerprint density at radius 2 is 2.30 bits per heavy atom. The highest BCUT2D eigenvalue weighted by Gasteiger charge is 2.33. The number of nitrogens with zero attached hydrogens (tertiary/aromatic N) is 1. The van der Waals surface area contributed by atoms with Crippen molar-refractivity contribution in [3.63, 3.8) is 0 Å². The molecule has 20 heavy (non-hydrogen) atoms. The quantitative estimate of drug-likeness (QED) is 0.854. The van der Waals surface area contributed by atoms with E-state index in [1.807, 2.05) is 6.07 Å². The van der Waals surface area contributed by atoms with E-state index in [4.69, 9.17) is 14.9 Å². The van der Waals surface area contributed by atoms with E-state index in [1.54, 1.807) is 13.0 Å². The first kappa shape index (κ1) is 15.1. The van der Waals surface area contributed by atoms with E-state index >= 15 is 0 Å². The molecule has 5 heteroatoms. The van der Waals surface area contributed by atoms with Crippen LogP contribution >= 0.6 is 0 Å². The van der Waals surface area contributed by atoms with Crippen LogP contribution in [0.15, 0.2) is 16.5 Å². The number of hydrogen-bond donors (Lipinski definition) is 1. The molecule has 5 nitrogen and oxygen atoms in total. The number of ether oxygens (including phenoxy) is 1. The van der Waals surface area contributed by atoms with E-state index in [0.29, 0.717) is 13.2 Å². The Hall–Kier alpha value is -1.33. The van der Waals surface area contributed by atoms with Crippen molar-refractivity contribution in [2.45, 2.75) is 39.8 Å². The first-order valence-electron chi connectivity index (χ1n) is 7.16. The molecule has 0 saturated carbocycles. The first-order chi connectivity index (χ1) is 9.42. The molecule has 1 aromatic rings. The summed E-state index contributed by atoms with van der Waals surface area (Å²) in [7, 11) is 0. The lowest BCUT2D eigenvalue weighted by Crippen LogP contribution is -2.51. The molecule has 0 amide bonds. The molecule has 1 aromatic heterocycles. The summed E-state index contributed by atoms with van der Waals surface area (Å²) in [6.07, 6.45) is 0.985. The van der Waals surface area contributed by atoms with Gasteiger partial charge in [0.15, 0.2) is 0 Å². The fraction of sp³-hybridized carbons (Fsp3) is 0.667. The summed E-state index contributed by atoms with van der Waals surface area (Å²) in [6.45, 7) is 9.11. The number of furan rings is 1. The summed E-state index contributed by atoms with van der Waals surface area (Å²) in [5.41, 5.74) is 6.24. The van der Waals surface area contributed by atoms with Gasteiger partial charge in [-0.25, -0.2) is 4.79 Å². The maximum atomic E-state index is 11.6. The van der Waals surface area contributed by atoms with Gasteiger partial charge >= 0.3 is 5.97 Å². The van der Waals surface area contributed by atoms with Gasteiger partial charge in [-0.2, -0.15) is 0 Å². The summed E-state index contributed by atoms with van der Waals surface area (Å²) < 4.78 is 10.5. The standard InChI is InChI=1S/C15H24N2O3/c1-4-19-14(18)12-6-5-11(20-12)9-17-8-7-13(16)15(2,3)10-17/h5-6,13H,4,7-10,16H2,1-3H3. The topological polar surface area (TPSA) is 68.7 Å². The zero-order valence-corrected chi connectivity index (χ0v) is 12.5. The third-order valence-electron chi connectivity index (χ3n) is 3.91. The van der Waals surface area contributed by atoms with Gasteiger partial charge < -0.3 is 14.9 Å². The highest BCUT2D eigenvalue weighted by atomic mass is 16.5. The Labute approximate surface area is 120 Å². The molecule has 2 N–H and O–H groups in total. The molecule has 0 radical (unpaired) electrons. The zero-order valence-electron chi connectivity index (χ0n) is 12.5. The van der Waals surface area contributed by atoms with Crippen LogP contribution in [0.1, 0.15) is 43.5 Å². The van der Waals surface area contributed by atoms with Crippen LogP contribution in [-0.4, -0.2) is 36.6 Å². The maximum absolute atomic E-state index is 11.6. The van der Waals surface area contributed by atoms with Crippen LogP contribution in [-0.2, 0) is 11.3 Å². The van der Waals surface area contributed by atoms with Crippen molar-refractivity contribution in [3.8, 4) is 0 Å². The lowest BCUT2D eigenvalue weighted by Gasteiger charge is -2.42. The normalized spacial score (nSPS) is 22.7. The van der Waals surface area contributed by atoms with E-state index in [0.717, 1.165) is 25.3 Å². The van der Waals surface area contributed by atoms with Gasteiger partial charge in [-0.05, 0) is 30.9 Å². The van der Waals surface area contributed by atoms with Crippen LogP contribution in [0, 0.1) is 5.41 Å². The smallest absolute Gasteiger partial charge is 0.374 e. The molecule has 1 unspecified atom stereocenters. The molecule has 0 spiro atoms. The van der Waals surface area contributed by atoms with Crippen molar-refractivity contribution < 1.29 is 13.9 Å². The number of piperidine rings is 1. The third-order valence-corrected chi connectivity index (χ3v) is 3.91. The molecule has 1 aliphatic heterocycles. The minimum Gasteiger partial charge on any atom is -0.460 e. The molecule has 0 aromatic carbocycles. The van der Waals surface area contributed by atoms with Crippen molar-refractivity contribution in [1.29, 1.82) is 0 Å². The highest BCUT2D eigenvalue weighted by Crippen LogP contribution is 2.28. The summed E-state index contributed by atoms with van der Waals surface area (Å²) in [5, 5.41) is 0. The second kappa shape index (κ2) is 5.97. The lowest BCUT2D eigenvalue weighted by molar-refractivity contribution is 0.0480. The maximum Gasteiger partial charge on any atom is 0.374 e. The fourth-order valence-corrected chi connectivity index (χ4v) is 2.62. The molecular weight excluding hydrogens is 256 g/mol. The van der Waals surface area contributed by atoms with Crippen molar-refractivity contribution in [1.82, 2.24) is 4.90 Å². The molecule has 1 saturated heterocycles.